The molecule has 0 radical (unpaired) electrons. The number of anilines is 1. The predicted molar refractivity (Wildman–Crippen MR) is 107 cm³/mol. The summed E-state index contributed by atoms with van der Waals surface area (Å²) in [6.07, 6.45) is 4.23. The Balaban J connectivity index is 1.67. The van der Waals surface area contributed by atoms with Crippen LogP contribution in [0.3, 0.4) is 0 Å². The van der Waals surface area contributed by atoms with Gasteiger partial charge in [-0.05, 0) is 30.7 Å². The highest BCUT2D eigenvalue weighted by molar-refractivity contribution is 7.13. The minimum Gasteiger partial charge on any atom is -0.318 e. The van der Waals surface area contributed by atoms with Crippen molar-refractivity contribution in [2.24, 2.45) is 7.05 Å². The van der Waals surface area contributed by atoms with E-state index < -0.39 is 11.7 Å². The maximum Gasteiger partial charge on any atom is 0.276 e. The Hall–Kier alpha value is -3.39. The van der Waals surface area contributed by atoms with Gasteiger partial charge in [0.25, 0.3) is 5.91 Å². The minimum atomic E-state index is -0.598. The van der Waals surface area contributed by atoms with Crippen molar-refractivity contribution in [3.05, 3.63) is 71.4 Å². The quantitative estimate of drug-likeness (QED) is 0.561. The minimum absolute atomic E-state index is 0.0640. The first-order chi connectivity index (χ1) is 13.5. The van der Waals surface area contributed by atoms with Gasteiger partial charge in [0.1, 0.15) is 5.01 Å². The molecule has 0 aliphatic heterocycles. The van der Waals surface area contributed by atoms with Crippen molar-refractivity contribution in [2.75, 3.05) is 5.32 Å². The Kier molecular flexibility index (Phi) is 4.70. The SMILES string of the molecule is Cc1ccc(-c2nccs2)cc1-c1cc(C(=O)Nc2ccncc2F)nn1C. The number of rotatable bonds is 4. The van der Waals surface area contributed by atoms with Gasteiger partial charge in [-0.15, -0.1) is 11.3 Å². The average molecular weight is 393 g/mol. The molecule has 0 saturated heterocycles. The Labute approximate surface area is 164 Å². The van der Waals surface area contributed by atoms with E-state index in [0.29, 0.717) is 0 Å². The molecule has 3 aromatic heterocycles. The first-order valence-electron chi connectivity index (χ1n) is 8.48. The molecule has 3 heterocycles. The zero-order valence-electron chi connectivity index (χ0n) is 15.2. The number of benzene rings is 1. The van der Waals surface area contributed by atoms with Gasteiger partial charge in [0.05, 0.1) is 17.6 Å². The standard InChI is InChI=1S/C20H16FN5OS/c1-12-3-4-13(20-23-7-8-28-20)9-14(12)18-10-17(25-26(18)2)19(27)24-16-5-6-22-11-15(16)21/h3-11H,1-2H3,(H,22,24,27). The molecule has 6 nitrogen and oxygen atoms in total. The van der Waals surface area contributed by atoms with Gasteiger partial charge >= 0.3 is 0 Å². The number of thiazole rings is 1. The third kappa shape index (κ3) is 3.41. The molecule has 0 aliphatic rings. The van der Waals surface area contributed by atoms with Crippen molar-refractivity contribution in [2.45, 2.75) is 6.92 Å². The van der Waals surface area contributed by atoms with Crippen molar-refractivity contribution in [3.63, 3.8) is 0 Å². The van der Waals surface area contributed by atoms with E-state index in [1.54, 1.807) is 35.3 Å². The molecule has 0 aliphatic carbocycles. The maximum atomic E-state index is 13.7. The van der Waals surface area contributed by atoms with E-state index in [1.807, 2.05) is 30.5 Å². The number of nitrogens with zero attached hydrogens (tertiary/aromatic N) is 4. The zero-order valence-corrected chi connectivity index (χ0v) is 16.0. The molecule has 140 valence electrons. The molecule has 0 saturated carbocycles. The molecular weight excluding hydrogens is 377 g/mol. The fourth-order valence-electron chi connectivity index (χ4n) is 2.89. The molecule has 4 rings (SSSR count). The van der Waals surface area contributed by atoms with Gasteiger partial charge in [-0.3, -0.25) is 14.5 Å². The van der Waals surface area contributed by atoms with Gasteiger partial charge in [0, 0.05) is 35.9 Å². The van der Waals surface area contributed by atoms with E-state index in [9.17, 15) is 9.18 Å². The smallest absolute Gasteiger partial charge is 0.276 e. The van der Waals surface area contributed by atoms with Gasteiger partial charge in [-0.2, -0.15) is 5.10 Å². The highest BCUT2D eigenvalue weighted by Crippen LogP contribution is 2.30. The Bertz CT molecular complexity index is 1150. The third-order valence-corrected chi connectivity index (χ3v) is 5.15. The number of halogens is 1. The van der Waals surface area contributed by atoms with Crippen LogP contribution in [0.4, 0.5) is 10.1 Å². The Morgan fingerprint density at radius 3 is 2.82 bits per heavy atom. The molecule has 0 unspecified atom stereocenters. The number of amides is 1. The van der Waals surface area contributed by atoms with Crippen molar-refractivity contribution >= 4 is 22.9 Å². The number of aryl methyl sites for hydroxylation is 2. The number of carbonyl (C=O) groups is 1. The monoisotopic (exact) mass is 393 g/mol. The zero-order chi connectivity index (χ0) is 19.7. The molecule has 0 spiro atoms. The van der Waals surface area contributed by atoms with E-state index in [1.165, 1.54) is 12.3 Å². The van der Waals surface area contributed by atoms with E-state index in [0.717, 1.165) is 33.6 Å². The summed E-state index contributed by atoms with van der Waals surface area (Å²) in [7, 11) is 1.77. The number of nitrogens with one attached hydrogen (secondary N) is 1. The number of carbonyl (C=O) groups excluding carboxylic acids is 1. The lowest BCUT2D eigenvalue weighted by molar-refractivity contribution is 0.102. The molecule has 1 N–H and O–H groups in total. The summed E-state index contributed by atoms with van der Waals surface area (Å²) >= 11 is 1.56. The van der Waals surface area contributed by atoms with Crippen LogP contribution in [0.1, 0.15) is 16.1 Å². The molecule has 1 amide bonds. The van der Waals surface area contributed by atoms with Crippen LogP contribution in [-0.4, -0.2) is 25.7 Å². The normalized spacial score (nSPS) is 10.8. The second kappa shape index (κ2) is 7.32. The van der Waals surface area contributed by atoms with Crippen molar-refractivity contribution in [1.29, 1.82) is 0 Å². The van der Waals surface area contributed by atoms with Crippen LogP contribution in [0.2, 0.25) is 0 Å². The van der Waals surface area contributed by atoms with Crippen molar-refractivity contribution in [3.8, 4) is 21.8 Å². The largest absolute Gasteiger partial charge is 0.318 e. The lowest BCUT2D eigenvalue weighted by Crippen LogP contribution is -2.14. The topological polar surface area (TPSA) is 72.7 Å². The highest BCUT2D eigenvalue weighted by atomic mass is 32.1. The summed E-state index contributed by atoms with van der Waals surface area (Å²) in [4.78, 5) is 20.5. The maximum absolute atomic E-state index is 13.7. The van der Waals surface area contributed by atoms with Crippen LogP contribution in [0.15, 0.2) is 54.3 Å². The molecule has 28 heavy (non-hydrogen) atoms. The fraction of sp³-hybridized carbons (Fsp3) is 0.100. The Morgan fingerprint density at radius 2 is 2.07 bits per heavy atom. The number of aromatic nitrogens is 4. The van der Waals surface area contributed by atoms with Gasteiger partial charge in [-0.25, -0.2) is 9.37 Å². The van der Waals surface area contributed by atoms with Crippen LogP contribution < -0.4 is 5.32 Å². The number of hydrogen-bond donors (Lipinski definition) is 1. The Morgan fingerprint density at radius 1 is 1.21 bits per heavy atom. The molecule has 8 heteroatoms. The fourth-order valence-corrected chi connectivity index (χ4v) is 3.53. The number of hydrogen-bond acceptors (Lipinski definition) is 5. The van der Waals surface area contributed by atoms with E-state index in [-0.39, 0.29) is 11.4 Å². The molecule has 0 atom stereocenters. The van der Waals surface area contributed by atoms with Crippen LogP contribution in [0.5, 0.6) is 0 Å². The lowest BCUT2D eigenvalue weighted by atomic mass is 10.0. The number of pyridine rings is 1. The van der Waals surface area contributed by atoms with Crippen molar-refractivity contribution in [1.82, 2.24) is 19.7 Å². The summed E-state index contributed by atoms with van der Waals surface area (Å²) in [5.74, 6) is -1.08. The van der Waals surface area contributed by atoms with Crippen LogP contribution in [0.25, 0.3) is 21.8 Å². The summed E-state index contributed by atoms with van der Waals surface area (Å²) in [6, 6.07) is 9.18. The second-order valence-electron chi connectivity index (χ2n) is 6.22. The molecule has 0 bridgehead atoms. The summed E-state index contributed by atoms with van der Waals surface area (Å²) < 4.78 is 15.4. The van der Waals surface area contributed by atoms with Gasteiger partial charge in [0.15, 0.2) is 11.5 Å². The summed E-state index contributed by atoms with van der Waals surface area (Å²) in [6.45, 7) is 2.00. The lowest BCUT2D eigenvalue weighted by Gasteiger charge is -2.08. The van der Waals surface area contributed by atoms with Crippen LogP contribution >= 0.6 is 11.3 Å². The van der Waals surface area contributed by atoms with Crippen molar-refractivity contribution < 1.29 is 9.18 Å². The predicted octanol–water partition coefficient (Wildman–Crippen LogP) is 4.31. The van der Waals surface area contributed by atoms with Gasteiger partial charge < -0.3 is 5.32 Å². The first-order valence-corrected chi connectivity index (χ1v) is 9.36. The molecular formula is C20H16FN5OS. The van der Waals surface area contributed by atoms with Crippen LogP contribution in [0, 0.1) is 12.7 Å². The van der Waals surface area contributed by atoms with E-state index in [2.05, 4.69) is 20.4 Å². The molecule has 0 fully saturated rings. The van der Waals surface area contributed by atoms with Gasteiger partial charge in [-0.1, -0.05) is 12.1 Å². The average Bonchev–Trinajstić information content (AvgIpc) is 3.34. The highest BCUT2D eigenvalue weighted by Gasteiger charge is 2.17. The summed E-state index contributed by atoms with van der Waals surface area (Å²) in [5.41, 5.74) is 4.06. The molecule has 1 aromatic carbocycles. The molecule has 4 aromatic rings. The van der Waals surface area contributed by atoms with E-state index in [4.69, 9.17) is 0 Å². The third-order valence-electron chi connectivity index (χ3n) is 4.33. The van der Waals surface area contributed by atoms with Gasteiger partial charge in [0.2, 0.25) is 0 Å². The van der Waals surface area contributed by atoms with E-state index >= 15 is 0 Å². The first kappa shape index (κ1) is 18.0. The second-order valence-corrected chi connectivity index (χ2v) is 7.11. The summed E-state index contributed by atoms with van der Waals surface area (Å²) in [5, 5.41) is 9.68. The van der Waals surface area contributed by atoms with Crippen LogP contribution in [-0.2, 0) is 7.05 Å².